The van der Waals surface area contributed by atoms with Crippen molar-refractivity contribution in [3.05, 3.63) is 35.4 Å². The average molecular weight is 348 g/mol. The molecule has 0 bridgehead atoms. The molecule has 0 aromatic heterocycles. The van der Waals surface area contributed by atoms with Crippen LogP contribution in [0.25, 0.3) is 6.08 Å². The highest BCUT2D eigenvalue weighted by atomic mass is 16.6. The molecule has 0 saturated heterocycles. The van der Waals surface area contributed by atoms with E-state index in [1.165, 1.54) is 6.08 Å². The summed E-state index contributed by atoms with van der Waals surface area (Å²) in [5, 5.41) is 0. The summed E-state index contributed by atoms with van der Waals surface area (Å²) in [6.45, 7) is 9.02. The molecule has 1 aromatic carbocycles. The lowest BCUT2D eigenvalue weighted by molar-refractivity contribution is -0.147. The van der Waals surface area contributed by atoms with Crippen molar-refractivity contribution in [1.82, 2.24) is 0 Å². The average Bonchev–Trinajstić information content (AvgIpc) is 2.60. The van der Waals surface area contributed by atoms with Gasteiger partial charge in [-0.15, -0.1) is 0 Å². The van der Waals surface area contributed by atoms with Crippen molar-refractivity contribution in [3.8, 4) is 5.75 Å². The molecule has 1 rings (SSSR count). The van der Waals surface area contributed by atoms with Gasteiger partial charge in [0.1, 0.15) is 11.3 Å². The van der Waals surface area contributed by atoms with Gasteiger partial charge in [-0.2, -0.15) is 0 Å². The minimum Gasteiger partial charge on any atom is -0.493 e. The van der Waals surface area contributed by atoms with Gasteiger partial charge in [0, 0.05) is 0 Å². The van der Waals surface area contributed by atoms with Crippen molar-refractivity contribution in [3.63, 3.8) is 0 Å². The van der Waals surface area contributed by atoms with Gasteiger partial charge in [0.05, 0.1) is 19.8 Å². The minimum absolute atomic E-state index is 0.108. The molecular formula is C20H28O5. The van der Waals surface area contributed by atoms with Crippen LogP contribution in [-0.2, 0) is 19.1 Å². The topological polar surface area (TPSA) is 61.8 Å². The van der Waals surface area contributed by atoms with Crippen LogP contribution in [0.2, 0.25) is 0 Å². The molecule has 0 aliphatic heterocycles. The largest absolute Gasteiger partial charge is 0.493 e. The summed E-state index contributed by atoms with van der Waals surface area (Å²) in [7, 11) is 0. The van der Waals surface area contributed by atoms with Gasteiger partial charge < -0.3 is 14.2 Å². The van der Waals surface area contributed by atoms with Crippen LogP contribution < -0.4 is 4.74 Å². The van der Waals surface area contributed by atoms with Crippen LogP contribution in [-0.4, -0.2) is 31.8 Å². The standard InChI is InChI=1S/C20H28O5/c1-5-10-23-19(21)18(20(22)24-11-6-2)13-16-8-7-9-17(12-16)25-14-15(3)4/h7-9,12-13,15H,5-6,10-11,14H2,1-4H3. The summed E-state index contributed by atoms with van der Waals surface area (Å²) in [5.41, 5.74) is 0.570. The van der Waals surface area contributed by atoms with E-state index in [1.807, 2.05) is 26.0 Å². The smallest absolute Gasteiger partial charge is 0.345 e. The zero-order valence-electron chi connectivity index (χ0n) is 15.5. The van der Waals surface area contributed by atoms with E-state index in [2.05, 4.69) is 13.8 Å². The SMILES string of the molecule is CCCOC(=O)C(=Cc1cccc(OCC(C)C)c1)C(=O)OCCC. The third-order valence-corrected chi connectivity index (χ3v) is 3.07. The summed E-state index contributed by atoms with van der Waals surface area (Å²) in [6.07, 6.45) is 2.85. The lowest BCUT2D eigenvalue weighted by Gasteiger charge is -2.10. The van der Waals surface area contributed by atoms with Gasteiger partial charge >= 0.3 is 11.9 Å². The molecule has 5 nitrogen and oxygen atoms in total. The van der Waals surface area contributed by atoms with E-state index in [-0.39, 0.29) is 18.8 Å². The Kier molecular flexibility index (Phi) is 9.37. The Hall–Kier alpha value is -2.30. The summed E-state index contributed by atoms with van der Waals surface area (Å²) in [4.78, 5) is 24.4. The van der Waals surface area contributed by atoms with Crippen LogP contribution in [0.15, 0.2) is 29.8 Å². The number of carbonyl (C=O) groups excluding carboxylic acids is 2. The summed E-state index contributed by atoms with van der Waals surface area (Å²) in [5.74, 6) is -0.249. The molecule has 0 aliphatic rings. The molecule has 0 atom stereocenters. The first-order valence-corrected chi connectivity index (χ1v) is 8.76. The molecule has 5 heteroatoms. The van der Waals surface area contributed by atoms with Crippen molar-refractivity contribution in [2.24, 2.45) is 5.92 Å². The number of ether oxygens (including phenoxy) is 3. The monoisotopic (exact) mass is 348 g/mol. The quantitative estimate of drug-likeness (QED) is 0.277. The maximum absolute atomic E-state index is 12.2. The number of hydrogen-bond donors (Lipinski definition) is 0. The van der Waals surface area contributed by atoms with Crippen LogP contribution in [0.5, 0.6) is 5.75 Å². The van der Waals surface area contributed by atoms with Crippen molar-refractivity contribution in [2.75, 3.05) is 19.8 Å². The van der Waals surface area contributed by atoms with Gasteiger partial charge in [0.25, 0.3) is 0 Å². The Morgan fingerprint density at radius 3 is 2.16 bits per heavy atom. The Labute approximate surface area is 150 Å². The molecule has 0 amide bonds. The normalized spacial score (nSPS) is 10.3. The van der Waals surface area contributed by atoms with Crippen LogP contribution in [0.4, 0.5) is 0 Å². The fraction of sp³-hybridized carbons (Fsp3) is 0.500. The maximum atomic E-state index is 12.2. The second-order valence-electron chi connectivity index (χ2n) is 6.11. The fourth-order valence-electron chi connectivity index (χ4n) is 1.87. The molecule has 0 heterocycles. The molecule has 0 unspecified atom stereocenters. The summed E-state index contributed by atoms with van der Waals surface area (Å²) >= 11 is 0. The van der Waals surface area contributed by atoms with Gasteiger partial charge in [-0.3, -0.25) is 0 Å². The number of benzene rings is 1. The molecule has 25 heavy (non-hydrogen) atoms. The van der Waals surface area contributed by atoms with E-state index in [9.17, 15) is 9.59 Å². The highest BCUT2D eigenvalue weighted by Gasteiger charge is 2.21. The van der Waals surface area contributed by atoms with E-state index in [1.54, 1.807) is 12.1 Å². The third-order valence-electron chi connectivity index (χ3n) is 3.07. The van der Waals surface area contributed by atoms with Gasteiger partial charge in [-0.1, -0.05) is 39.8 Å². The molecule has 0 saturated carbocycles. The molecule has 0 spiro atoms. The summed E-state index contributed by atoms with van der Waals surface area (Å²) < 4.78 is 15.9. The van der Waals surface area contributed by atoms with E-state index in [0.29, 0.717) is 36.7 Å². The first-order valence-electron chi connectivity index (χ1n) is 8.76. The number of hydrogen-bond acceptors (Lipinski definition) is 5. The Morgan fingerprint density at radius 2 is 1.64 bits per heavy atom. The highest BCUT2D eigenvalue weighted by molar-refractivity contribution is 6.17. The van der Waals surface area contributed by atoms with Crippen LogP contribution >= 0.6 is 0 Å². The van der Waals surface area contributed by atoms with Crippen molar-refractivity contribution < 1.29 is 23.8 Å². The van der Waals surface area contributed by atoms with Crippen molar-refractivity contribution >= 4 is 18.0 Å². The molecule has 0 aliphatic carbocycles. The number of esters is 2. The Balaban J connectivity index is 3.01. The molecule has 1 aromatic rings. The molecule has 0 radical (unpaired) electrons. The fourth-order valence-corrected chi connectivity index (χ4v) is 1.87. The molecular weight excluding hydrogens is 320 g/mol. The highest BCUT2D eigenvalue weighted by Crippen LogP contribution is 2.18. The molecule has 0 fully saturated rings. The van der Waals surface area contributed by atoms with Crippen molar-refractivity contribution in [1.29, 1.82) is 0 Å². The van der Waals surface area contributed by atoms with E-state index in [4.69, 9.17) is 14.2 Å². The summed E-state index contributed by atoms with van der Waals surface area (Å²) in [6, 6.07) is 7.23. The first-order chi connectivity index (χ1) is 12.0. The lowest BCUT2D eigenvalue weighted by atomic mass is 10.1. The molecule has 138 valence electrons. The second-order valence-corrected chi connectivity index (χ2v) is 6.11. The zero-order valence-corrected chi connectivity index (χ0v) is 15.5. The predicted molar refractivity (Wildman–Crippen MR) is 97.3 cm³/mol. The van der Waals surface area contributed by atoms with Gasteiger partial charge in [-0.25, -0.2) is 9.59 Å². The Morgan fingerprint density at radius 1 is 1.04 bits per heavy atom. The number of rotatable bonds is 10. The van der Waals surface area contributed by atoms with Crippen LogP contribution in [0, 0.1) is 5.92 Å². The van der Waals surface area contributed by atoms with Crippen LogP contribution in [0.1, 0.15) is 46.1 Å². The van der Waals surface area contributed by atoms with Crippen molar-refractivity contribution in [2.45, 2.75) is 40.5 Å². The van der Waals surface area contributed by atoms with Gasteiger partial charge in [-0.05, 0) is 42.5 Å². The van der Waals surface area contributed by atoms with E-state index >= 15 is 0 Å². The third kappa shape index (κ3) is 7.88. The molecule has 0 N–H and O–H groups in total. The first kappa shape index (κ1) is 20.7. The lowest BCUT2D eigenvalue weighted by Crippen LogP contribution is -2.19. The predicted octanol–water partition coefficient (Wildman–Crippen LogP) is 4.01. The minimum atomic E-state index is -0.670. The Bertz CT molecular complexity index is 568. The van der Waals surface area contributed by atoms with E-state index in [0.717, 1.165) is 0 Å². The maximum Gasteiger partial charge on any atom is 0.345 e. The van der Waals surface area contributed by atoms with Gasteiger partial charge in [0.15, 0.2) is 0 Å². The van der Waals surface area contributed by atoms with Crippen LogP contribution in [0.3, 0.4) is 0 Å². The van der Waals surface area contributed by atoms with E-state index < -0.39 is 11.9 Å². The number of carbonyl (C=O) groups is 2. The zero-order chi connectivity index (χ0) is 18.7. The second kappa shape index (κ2) is 11.3. The van der Waals surface area contributed by atoms with Gasteiger partial charge in [0.2, 0.25) is 0 Å².